The number of nitrogens with zero attached hydrogens (tertiary/aromatic N) is 3. The second-order valence-corrected chi connectivity index (χ2v) is 11.0. The number of rotatable bonds is 8. The van der Waals surface area contributed by atoms with E-state index in [-0.39, 0.29) is 29.3 Å². The molecule has 2 heterocycles. The van der Waals surface area contributed by atoms with Crippen molar-refractivity contribution in [1.29, 1.82) is 0 Å². The Morgan fingerprint density at radius 1 is 1.09 bits per heavy atom. The third kappa shape index (κ3) is 4.92. The van der Waals surface area contributed by atoms with Crippen molar-refractivity contribution in [3.05, 3.63) is 53.6 Å². The molecule has 1 N–H and O–H groups in total. The molecule has 1 saturated heterocycles. The van der Waals surface area contributed by atoms with Crippen molar-refractivity contribution in [3.63, 3.8) is 0 Å². The number of anilines is 2. The van der Waals surface area contributed by atoms with Crippen LogP contribution in [0.1, 0.15) is 44.2 Å². The molecule has 8 nitrogen and oxygen atoms in total. The summed E-state index contributed by atoms with van der Waals surface area (Å²) in [6.45, 7) is 7.24. The lowest BCUT2D eigenvalue weighted by atomic mass is 9.96. The van der Waals surface area contributed by atoms with Gasteiger partial charge in [-0.3, -0.25) is 14.5 Å². The Bertz CT molecular complexity index is 1210. The molecule has 1 atom stereocenters. The van der Waals surface area contributed by atoms with Gasteiger partial charge in [-0.2, -0.15) is 4.31 Å². The standard InChI is InChI=1S/C26H34N4O4S/c1-4-28(5-2)35(33,34)21-13-14-22-24(16-21)30(26(32)23-12-8-9-15-29(22)23)18-25(31)27-17-20-11-7-6-10-19(20)3/h6-7,10-11,13-14,16,23H,4-5,8-9,12,15,17-18H2,1-3H3,(H,27,31)/t23-/m1/s1. The fourth-order valence-electron chi connectivity index (χ4n) is 4.98. The van der Waals surface area contributed by atoms with Crippen LogP contribution in [0.3, 0.4) is 0 Å². The summed E-state index contributed by atoms with van der Waals surface area (Å²) in [5.74, 6) is -0.436. The van der Waals surface area contributed by atoms with E-state index >= 15 is 0 Å². The molecule has 0 unspecified atom stereocenters. The van der Waals surface area contributed by atoms with Gasteiger partial charge in [0, 0.05) is 26.2 Å². The van der Waals surface area contributed by atoms with Crippen LogP contribution in [0.2, 0.25) is 0 Å². The predicted octanol–water partition coefficient (Wildman–Crippen LogP) is 3.05. The second-order valence-electron chi connectivity index (χ2n) is 9.07. The van der Waals surface area contributed by atoms with Gasteiger partial charge in [0.15, 0.2) is 0 Å². The molecule has 2 aliphatic rings. The average Bonchev–Trinajstić information content (AvgIpc) is 2.86. The quantitative estimate of drug-likeness (QED) is 0.604. The van der Waals surface area contributed by atoms with Gasteiger partial charge in [-0.05, 0) is 55.5 Å². The lowest BCUT2D eigenvalue weighted by molar-refractivity contribution is -0.125. The first kappa shape index (κ1) is 25.2. The number of piperidine rings is 1. The normalized spacial score (nSPS) is 17.8. The Labute approximate surface area is 207 Å². The number of sulfonamides is 1. The van der Waals surface area contributed by atoms with Gasteiger partial charge >= 0.3 is 0 Å². The van der Waals surface area contributed by atoms with Gasteiger partial charge in [-0.25, -0.2) is 8.42 Å². The Morgan fingerprint density at radius 3 is 2.54 bits per heavy atom. The number of carbonyl (C=O) groups excluding carboxylic acids is 2. The first-order valence-electron chi connectivity index (χ1n) is 12.3. The molecule has 188 valence electrons. The lowest BCUT2D eigenvalue weighted by Gasteiger charge is -2.45. The summed E-state index contributed by atoms with van der Waals surface area (Å²) >= 11 is 0. The van der Waals surface area contributed by atoms with Crippen LogP contribution in [0.25, 0.3) is 0 Å². The third-order valence-electron chi connectivity index (χ3n) is 6.98. The highest BCUT2D eigenvalue weighted by Gasteiger charge is 2.40. The van der Waals surface area contributed by atoms with E-state index in [9.17, 15) is 18.0 Å². The SMILES string of the molecule is CCN(CC)S(=O)(=O)c1ccc2c(c1)N(CC(=O)NCc1ccccc1C)C(=O)[C@H]1CCCCN21. The fourth-order valence-corrected chi connectivity index (χ4v) is 6.45. The van der Waals surface area contributed by atoms with Gasteiger partial charge in [0.1, 0.15) is 12.6 Å². The first-order valence-corrected chi connectivity index (χ1v) is 13.7. The van der Waals surface area contributed by atoms with Crippen LogP contribution >= 0.6 is 0 Å². The maximum Gasteiger partial charge on any atom is 0.250 e. The van der Waals surface area contributed by atoms with Crippen molar-refractivity contribution in [2.24, 2.45) is 0 Å². The van der Waals surface area contributed by atoms with Gasteiger partial charge < -0.3 is 10.2 Å². The van der Waals surface area contributed by atoms with Crippen molar-refractivity contribution in [2.75, 3.05) is 36.0 Å². The predicted molar refractivity (Wildman–Crippen MR) is 137 cm³/mol. The Hall–Kier alpha value is -2.91. The molecular weight excluding hydrogens is 464 g/mol. The summed E-state index contributed by atoms with van der Waals surface area (Å²) < 4.78 is 27.8. The number of hydrogen-bond acceptors (Lipinski definition) is 5. The summed E-state index contributed by atoms with van der Waals surface area (Å²) in [5, 5.41) is 2.92. The second kappa shape index (κ2) is 10.4. The van der Waals surface area contributed by atoms with Gasteiger partial charge in [0.05, 0.1) is 16.3 Å². The van der Waals surface area contributed by atoms with Crippen LogP contribution in [0.4, 0.5) is 11.4 Å². The lowest BCUT2D eigenvalue weighted by Crippen LogP contribution is -2.57. The van der Waals surface area contributed by atoms with Crippen LogP contribution < -0.4 is 15.1 Å². The molecule has 9 heteroatoms. The molecule has 2 aliphatic heterocycles. The highest BCUT2D eigenvalue weighted by Crippen LogP contribution is 2.41. The molecule has 1 fully saturated rings. The van der Waals surface area contributed by atoms with E-state index in [0.717, 1.165) is 42.6 Å². The minimum absolute atomic E-state index is 0.133. The number of nitrogens with one attached hydrogen (secondary N) is 1. The summed E-state index contributed by atoms with van der Waals surface area (Å²) in [6.07, 6.45) is 2.64. The van der Waals surface area contributed by atoms with Crippen LogP contribution in [0, 0.1) is 6.92 Å². The number of amides is 2. The van der Waals surface area contributed by atoms with E-state index in [1.165, 1.54) is 9.21 Å². The Balaban J connectivity index is 1.65. The number of benzene rings is 2. The Kier molecular flexibility index (Phi) is 7.47. The number of fused-ring (bicyclic) bond motifs is 3. The van der Waals surface area contributed by atoms with E-state index in [1.54, 1.807) is 32.0 Å². The third-order valence-corrected chi connectivity index (χ3v) is 9.03. The number of carbonyl (C=O) groups is 2. The maximum absolute atomic E-state index is 13.5. The number of hydrogen-bond donors (Lipinski definition) is 1. The molecule has 0 bridgehead atoms. The largest absolute Gasteiger partial charge is 0.358 e. The van der Waals surface area contributed by atoms with E-state index in [1.807, 2.05) is 31.2 Å². The van der Waals surface area contributed by atoms with Crippen molar-refractivity contribution < 1.29 is 18.0 Å². The first-order chi connectivity index (χ1) is 16.8. The molecule has 0 aromatic heterocycles. The van der Waals surface area contributed by atoms with E-state index < -0.39 is 10.0 Å². The van der Waals surface area contributed by atoms with Crippen LogP contribution in [-0.4, -0.2) is 56.8 Å². The zero-order valence-corrected chi connectivity index (χ0v) is 21.5. The minimum atomic E-state index is -3.71. The molecular formula is C26H34N4O4S. The van der Waals surface area contributed by atoms with Crippen molar-refractivity contribution in [2.45, 2.75) is 57.5 Å². The van der Waals surface area contributed by atoms with Crippen molar-refractivity contribution in [1.82, 2.24) is 9.62 Å². The minimum Gasteiger partial charge on any atom is -0.358 e. The van der Waals surface area contributed by atoms with Crippen LogP contribution in [0.5, 0.6) is 0 Å². The fraction of sp³-hybridized carbons (Fsp3) is 0.462. The highest BCUT2D eigenvalue weighted by molar-refractivity contribution is 7.89. The van der Waals surface area contributed by atoms with Crippen LogP contribution in [-0.2, 0) is 26.2 Å². The van der Waals surface area contributed by atoms with E-state index in [2.05, 4.69) is 10.2 Å². The number of aryl methyl sites for hydroxylation is 1. The molecule has 2 aromatic carbocycles. The molecule has 0 radical (unpaired) electrons. The van der Waals surface area contributed by atoms with E-state index in [4.69, 9.17) is 0 Å². The zero-order chi connectivity index (χ0) is 25.2. The monoisotopic (exact) mass is 498 g/mol. The molecule has 0 saturated carbocycles. The van der Waals surface area contributed by atoms with Gasteiger partial charge in [-0.15, -0.1) is 0 Å². The summed E-state index contributed by atoms with van der Waals surface area (Å²) in [5.41, 5.74) is 3.38. The van der Waals surface area contributed by atoms with Gasteiger partial charge in [-0.1, -0.05) is 38.1 Å². The van der Waals surface area contributed by atoms with Gasteiger partial charge in [0.25, 0.3) is 0 Å². The zero-order valence-electron chi connectivity index (χ0n) is 20.7. The molecule has 0 spiro atoms. The molecule has 4 rings (SSSR count). The summed E-state index contributed by atoms with van der Waals surface area (Å²) in [4.78, 5) is 30.2. The topological polar surface area (TPSA) is 90.0 Å². The molecule has 2 amide bonds. The molecule has 2 aromatic rings. The highest BCUT2D eigenvalue weighted by atomic mass is 32.2. The van der Waals surface area contributed by atoms with Crippen molar-refractivity contribution in [3.8, 4) is 0 Å². The maximum atomic E-state index is 13.5. The summed E-state index contributed by atoms with van der Waals surface area (Å²) in [6, 6.07) is 12.4. The van der Waals surface area contributed by atoms with Crippen molar-refractivity contribution >= 4 is 33.2 Å². The summed E-state index contributed by atoms with van der Waals surface area (Å²) in [7, 11) is -3.71. The van der Waals surface area contributed by atoms with Gasteiger partial charge in [0.2, 0.25) is 21.8 Å². The Morgan fingerprint density at radius 2 is 1.83 bits per heavy atom. The molecule has 0 aliphatic carbocycles. The smallest absolute Gasteiger partial charge is 0.250 e. The van der Waals surface area contributed by atoms with Crippen LogP contribution in [0.15, 0.2) is 47.4 Å². The van der Waals surface area contributed by atoms with E-state index in [0.29, 0.717) is 25.3 Å². The average molecular weight is 499 g/mol. The molecule has 35 heavy (non-hydrogen) atoms.